The van der Waals surface area contributed by atoms with Crippen LogP contribution in [-0.2, 0) is 16.0 Å². The second kappa shape index (κ2) is 9.30. The van der Waals surface area contributed by atoms with E-state index in [0.29, 0.717) is 10.1 Å². The number of hydrogen-bond donors (Lipinski definition) is 0. The Hall–Kier alpha value is -2.54. The van der Waals surface area contributed by atoms with Crippen LogP contribution in [0.3, 0.4) is 0 Å². The number of thiophene rings is 1. The van der Waals surface area contributed by atoms with Gasteiger partial charge in [0, 0.05) is 17.4 Å². The number of benzene rings is 1. The summed E-state index contributed by atoms with van der Waals surface area (Å²) in [6.07, 6.45) is 4.81. The molecule has 0 aliphatic heterocycles. The normalized spacial score (nSPS) is 14.6. The van der Waals surface area contributed by atoms with E-state index < -0.39 is 11.7 Å². The molecule has 1 aliphatic rings. The van der Waals surface area contributed by atoms with E-state index in [2.05, 4.69) is 0 Å². The number of alkyl halides is 2. The molecule has 0 atom stereocenters. The van der Waals surface area contributed by atoms with Crippen LogP contribution in [-0.4, -0.2) is 25.6 Å². The van der Waals surface area contributed by atoms with Crippen LogP contribution in [0.2, 0.25) is 0 Å². The maximum atomic E-state index is 15.1. The van der Waals surface area contributed by atoms with E-state index >= 15 is 4.39 Å². The molecule has 0 spiro atoms. The lowest BCUT2D eigenvalue weighted by molar-refractivity contribution is -0.139. The molecule has 0 fully saturated rings. The van der Waals surface area contributed by atoms with E-state index in [1.807, 2.05) is 13.8 Å². The number of carbonyl (C=O) groups excluding carboxylic acids is 1. The second-order valence-electron chi connectivity index (χ2n) is 7.55. The zero-order valence-corrected chi connectivity index (χ0v) is 18.8. The van der Waals surface area contributed by atoms with Crippen molar-refractivity contribution in [3.8, 4) is 5.75 Å². The van der Waals surface area contributed by atoms with Gasteiger partial charge in [-0.25, -0.2) is 13.2 Å². The lowest BCUT2D eigenvalue weighted by Gasteiger charge is -2.16. The Morgan fingerprint density at radius 2 is 2.00 bits per heavy atom. The van der Waals surface area contributed by atoms with Crippen LogP contribution in [0, 0.1) is 12.7 Å². The Morgan fingerprint density at radius 3 is 2.68 bits per heavy atom. The van der Waals surface area contributed by atoms with Gasteiger partial charge in [-0.15, -0.1) is 11.3 Å². The van der Waals surface area contributed by atoms with Gasteiger partial charge in [0.2, 0.25) is 0 Å². The molecule has 7 heteroatoms. The largest absolute Gasteiger partial charge is 0.486 e. The lowest BCUT2D eigenvalue weighted by atomic mass is 10.0. The SMILES string of the molecule is CCC(F)(F)C1=CC=C(COc2cc(C)c3c(CC(=O)OC)csc3c2F)C(C)=CC1. The highest BCUT2D eigenvalue weighted by Gasteiger charge is 2.31. The van der Waals surface area contributed by atoms with Crippen LogP contribution in [0.15, 0.2) is 46.4 Å². The van der Waals surface area contributed by atoms with E-state index in [0.717, 1.165) is 22.3 Å². The first-order valence-corrected chi connectivity index (χ1v) is 10.9. The number of esters is 1. The van der Waals surface area contributed by atoms with E-state index in [9.17, 15) is 13.6 Å². The topological polar surface area (TPSA) is 35.5 Å². The van der Waals surface area contributed by atoms with Crippen molar-refractivity contribution in [1.82, 2.24) is 0 Å². The van der Waals surface area contributed by atoms with Crippen molar-refractivity contribution < 1.29 is 27.4 Å². The standard InChI is InChI=1S/C24H25F3O3S/c1-5-24(26,27)18-8-6-14(2)16(7-9-18)12-30-19-10-15(3)21-17(11-20(28)29-4)13-31-23(21)22(19)25/h6-7,9-10,13H,5,8,11-12H2,1-4H3. The van der Waals surface area contributed by atoms with Gasteiger partial charge in [0.25, 0.3) is 5.92 Å². The number of hydrogen-bond acceptors (Lipinski definition) is 4. The minimum absolute atomic E-state index is 0.0597. The number of allylic oxidation sites excluding steroid dienone is 4. The first-order chi connectivity index (χ1) is 14.7. The summed E-state index contributed by atoms with van der Waals surface area (Å²) < 4.78 is 54.1. The fraction of sp³-hybridized carbons (Fsp3) is 0.375. The molecule has 1 aliphatic carbocycles. The number of aryl methyl sites for hydroxylation is 1. The van der Waals surface area contributed by atoms with Crippen molar-refractivity contribution in [3.05, 3.63) is 63.3 Å². The highest BCUT2D eigenvalue weighted by atomic mass is 32.1. The third kappa shape index (κ3) is 4.87. The van der Waals surface area contributed by atoms with Gasteiger partial charge in [0.05, 0.1) is 18.2 Å². The van der Waals surface area contributed by atoms with Crippen LogP contribution in [0.5, 0.6) is 5.75 Å². The monoisotopic (exact) mass is 450 g/mol. The highest BCUT2D eigenvalue weighted by molar-refractivity contribution is 7.17. The molecular weight excluding hydrogens is 425 g/mol. The maximum Gasteiger partial charge on any atom is 0.310 e. The van der Waals surface area contributed by atoms with Gasteiger partial charge in [-0.1, -0.05) is 25.2 Å². The Balaban J connectivity index is 1.86. The molecule has 0 bridgehead atoms. The summed E-state index contributed by atoms with van der Waals surface area (Å²) in [5.41, 5.74) is 3.11. The Kier molecular flexibility index (Phi) is 6.94. The summed E-state index contributed by atoms with van der Waals surface area (Å²) in [4.78, 5) is 11.6. The van der Waals surface area contributed by atoms with E-state index in [4.69, 9.17) is 9.47 Å². The van der Waals surface area contributed by atoms with Crippen LogP contribution < -0.4 is 4.74 Å². The molecule has 0 unspecified atom stereocenters. The zero-order valence-electron chi connectivity index (χ0n) is 18.0. The molecule has 0 saturated heterocycles. The lowest BCUT2D eigenvalue weighted by Crippen LogP contribution is -2.17. The Morgan fingerprint density at radius 1 is 1.26 bits per heavy atom. The molecule has 0 radical (unpaired) electrons. The third-order valence-corrected chi connectivity index (χ3v) is 6.53. The molecule has 3 rings (SSSR count). The number of ether oxygens (including phenoxy) is 2. The van der Waals surface area contributed by atoms with Crippen LogP contribution in [0.4, 0.5) is 13.2 Å². The average molecular weight is 451 g/mol. The van der Waals surface area contributed by atoms with E-state index in [-0.39, 0.29) is 43.2 Å². The van der Waals surface area contributed by atoms with Crippen LogP contribution in [0.1, 0.15) is 37.8 Å². The molecule has 2 aromatic rings. The number of rotatable bonds is 7. The summed E-state index contributed by atoms with van der Waals surface area (Å²) in [5.74, 6) is -3.63. The average Bonchev–Trinajstić information content (AvgIpc) is 3.07. The molecular formula is C24H25F3O3S. The van der Waals surface area contributed by atoms with Crippen molar-refractivity contribution in [2.75, 3.05) is 13.7 Å². The molecule has 1 heterocycles. The fourth-order valence-electron chi connectivity index (χ4n) is 3.50. The molecule has 166 valence electrons. The fourth-order valence-corrected chi connectivity index (χ4v) is 4.58. The predicted octanol–water partition coefficient (Wildman–Crippen LogP) is 6.69. The quantitative estimate of drug-likeness (QED) is 0.441. The van der Waals surface area contributed by atoms with Gasteiger partial charge in [0.15, 0.2) is 11.6 Å². The zero-order chi connectivity index (χ0) is 22.8. The van der Waals surface area contributed by atoms with Crippen LogP contribution >= 0.6 is 11.3 Å². The Bertz CT molecular complexity index is 1090. The van der Waals surface area contributed by atoms with Crippen molar-refractivity contribution in [3.63, 3.8) is 0 Å². The molecule has 3 nitrogen and oxygen atoms in total. The maximum absolute atomic E-state index is 15.1. The van der Waals surface area contributed by atoms with Gasteiger partial charge in [-0.2, -0.15) is 0 Å². The first-order valence-electron chi connectivity index (χ1n) is 10.0. The summed E-state index contributed by atoms with van der Waals surface area (Å²) in [6, 6.07) is 1.61. The minimum Gasteiger partial charge on any atom is -0.486 e. The summed E-state index contributed by atoms with van der Waals surface area (Å²) >= 11 is 1.21. The van der Waals surface area contributed by atoms with Crippen molar-refractivity contribution in [2.45, 2.75) is 46.0 Å². The number of halogens is 3. The molecule has 1 aromatic heterocycles. The van der Waals surface area contributed by atoms with Gasteiger partial charge in [-0.3, -0.25) is 4.79 Å². The summed E-state index contributed by atoms with van der Waals surface area (Å²) in [7, 11) is 1.32. The number of carbonyl (C=O) groups is 1. The third-order valence-electron chi connectivity index (χ3n) is 5.50. The summed E-state index contributed by atoms with van der Waals surface area (Å²) in [6.45, 7) is 5.18. The second-order valence-corrected chi connectivity index (χ2v) is 8.42. The van der Waals surface area contributed by atoms with Gasteiger partial charge in [0.1, 0.15) is 6.61 Å². The highest BCUT2D eigenvalue weighted by Crippen LogP contribution is 2.37. The van der Waals surface area contributed by atoms with Gasteiger partial charge >= 0.3 is 5.97 Å². The molecule has 1 aromatic carbocycles. The molecule has 0 saturated carbocycles. The van der Waals surface area contributed by atoms with Crippen molar-refractivity contribution in [2.24, 2.45) is 0 Å². The molecule has 31 heavy (non-hydrogen) atoms. The molecule has 0 N–H and O–H groups in total. The van der Waals surface area contributed by atoms with Crippen molar-refractivity contribution >= 4 is 27.4 Å². The van der Waals surface area contributed by atoms with Crippen LogP contribution in [0.25, 0.3) is 10.1 Å². The molecule has 0 amide bonds. The van der Waals surface area contributed by atoms with E-state index in [1.165, 1.54) is 31.4 Å². The smallest absolute Gasteiger partial charge is 0.310 e. The van der Waals surface area contributed by atoms with Crippen molar-refractivity contribution in [1.29, 1.82) is 0 Å². The number of methoxy groups -OCH3 is 1. The predicted molar refractivity (Wildman–Crippen MR) is 118 cm³/mol. The summed E-state index contributed by atoms with van der Waals surface area (Å²) in [5, 5.41) is 2.45. The van der Waals surface area contributed by atoms with Gasteiger partial charge < -0.3 is 9.47 Å². The first kappa shape index (κ1) is 23.1. The van der Waals surface area contributed by atoms with E-state index in [1.54, 1.807) is 23.6 Å². The Labute approximate surface area is 183 Å². The number of fused-ring (bicyclic) bond motifs is 1. The minimum atomic E-state index is -2.85. The van der Waals surface area contributed by atoms with Gasteiger partial charge in [-0.05, 0) is 54.0 Å².